The molecule has 1 atom stereocenters. The highest BCUT2D eigenvalue weighted by atomic mass is 32.2. The molecule has 1 N–H and O–H groups in total. The maximum atomic E-state index is 10.9. The van der Waals surface area contributed by atoms with Gasteiger partial charge in [-0.1, -0.05) is 13.0 Å². The summed E-state index contributed by atoms with van der Waals surface area (Å²) in [6.07, 6.45) is 6.05. The molecular weight excluding hydrogens is 338 g/mol. The van der Waals surface area contributed by atoms with Gasteiger partial charge < -0.3 is 9.29 Å². The van der Waals surface area contributed by atoms with Crippen LogP contribution < -0.4 is 4.74 Å². The maximum Gasteiger partial charge on any atom is 0.157 e. The first-order chi connectivity index (χ1) is 12.2. The minimum atomic E-state index is -1.87. The lowest BCUT2D eigenvalue weighted by molar-refractivity contribution is 0.317. The Labute approximate surface area is 148 Å². The normalized spacial score (nSPS) is 12.1. The highest BCUT2D eigenvalue weighted by molar-refractivity contribution is 7.78. The van der Waals surface area contributed by atoms with E-state index < -0.39 is 11.1 Å². The third-order valence-corrected chi connectivity index (χ3v) is 4.19. The molecule has 1 unspecified atom stereocenters. The average molecular weight is 357 g/mol. The second kappa shape index (κ2) is 8.04. The molecule has 1 aromatic carbocycles. The van der Waals surface area contributed by atoms with Gasteiger partial charge in [0.1, 0.15) is 17.9 Å². The van der Waals surface area contributed by atoms with Crippen molar-refractivity contribution >= 4 is 11.1 Å². The third kappa shape index (κ3) is 4.32. The molecule has 25 heavy (non-hydrogen) atoms. The van der Waals surface area contributed by atoms with Gasteiger partial charge >= 0.3 is 0 Å². The number of imidazole rings is 1. The summed E-state index contributed by atoms with van der Waals surface area (Å²) >= 11 is -1.87. The van der Waals surface area contributed by atoms with Crippen molar-refractivity contribution in [2.45, 2.75) is 19.1 Å². The summed E-state index contributed by atoms with van der Waals surface area (Å²) in [5.41, 5.74) is 2.63. The summed E-state index contributed by atoms with van der Waals surface area (Å²) in [4.78, 5) is 8.59. The van der Waals surface area contributed by atoms with Crippen LogP contribution in [0.5, 0.6) is 5.75 Å². The van der Waals surface area contributed by atoms with E-state index in [2.05, 4.69) is 16.9 Å². The highest BCUT2D eigenvalue weighted by Crippen LogP contribution is 2.24. The Kier molecular flexibility index (Phi) is 5.57. The smallest absolute Gasteiger partial charge is 0.157 e. The van der Waals surface area contributed by atoms with Crippen molar-refractivity contribution in [3.8, 4) is 22.8 Å². The molecule has 0 aliphatic heterocycles. The number of nitrogens with zero attached hydrogens (tertiary/aromatic N) is 3. The van der Waals surface area contributed by atoms with E-state index in [1.54, 1.807) is 24.8 Å². The van der Waals surface area contributed by atoms with Gasteiger partial charge in [0.15, 0.2) is 11.1 Å². The van der Waals surface area contributed by atoms with Gasteiger partial charge in [-0.25, -0.2) is 14.2 Å². The largest absolute Gasteiger partial charge is 0.494 e. The molecule has 3 rings (SSSR count). The van der Waals surface area contributed by atoms with Crippen molar-refractivity contribution < 1.29 is 13.5 Å². The summed E-state index contributed by atoms with van der Waals surface area (Å²) in [6.45, 7) is 2.77. The third-order valence-electron chi connectivity index (χ3n) is 3.61. The summed E-state index contributed by atoms with van der Waals surface area (Å²) in [7, 11) is 0. The predicted octanol–water partition coefficient (Wildman–Crippen LogP) is 3.44. The first-order valence-corrected chi connectivity index (χ1v) is 9.23. The van der Waals surface area contributed by atoms with Crippen LogP contribution in [-0.4, -0.2) is 29.9 Å². The van der Waals surface area contributed by atoms with Gasteiger partial charge in [-0.15, -0.1) is 0 Å². The van der Waals surface area contributed by atoms with E-state index in [9.17, 15) is 4.21 Å². The van der Waals surface area contributed by atoms with E-state index >= 15 is 0 Å². The Morgan fingerprint density at radius 3 is 2.60 bits per heavy atom. The number of benzene rings is 1. The van der Waals surface area contributed by atoms with Gasteiger partial charge in [0, 0.05) is 11.8 Å². The Morgan fingerprint density at radius 2 is 1.96 bits per heavy atom. The summed E-state index contributed by atoms with van der Waals surface area (Å²) in [6, 6.07) is 11.5. The average Bonchev–Trinajstić information content (AvgIpc) is 3.10. The number of ether oxygens (including phenoxy) is 1. The molecular formula is C18H19N3O3S. The second-order valence-electron chi connectivity index (χ2n) is 5.51. The maximum absolute atomic E-state index is 10.9. The van der Waals surface area contributed by atoms with Crippen LogP contribution >= 0.6 is 0 Å². The molecule has 0 aliphatic rings. The van der Waals surface area contributed by atoms with Gasteiger partial charge in [-0.05, 0) is 42.3 Å². The molecule has 130 valence electrons. The molecule has 7 heteroatoms. The van der Waals surface area contributed by atoms with Crippen LogP contribution in [0.25, 0.3) is 17.1 Å². The van der Waals surface area contributed by atoms with E-state index in [0.717, 1.165) is 23.4 Å². The van der Waals surface area contributed by atoms with Crippen molar-refractivity contribution in [1.82, 2.24) is 14.5 Å². The van der Waals surface area contributed by atoms with Crippen LogP contribution in [0.1, 0.15) is 18.9 Å². The molecule has 6 nitrogen and oxygen atoms in total. The van der Waals surface area contributed by atoms with E-state index in [1.165, 1.54) is 0 Å². The Bertz CT molecular complexity index is 845. The molecule has 2 aromatic heterocycles. The molecule has 3 aromatic rings. The van der Waals surface area contributed by atoms with Gasteiger partial charge in [-0.2, -0.15) is 0 Å². The number of pyridine rings is 1. The van der Waals surface area contributed by atoms with Crippen LogP contribution in [0.3, 0.4) is 0 Å². The van der Waals surface area contributed by atoms with Gasteiger partial charge in [-0.3, -0.25) is 4.57 Å². The molecule has 0 saturated carbocycles. The molecule has 0 spiro atoms. The molecule has 0 saturated heterocycles. The first-order valence-electron chi connectivity index (χ1n) is 7.95. The van der Waals surface area contributed by atoms with Crippen molar-refractivity contribution in [2.24, 2.45) is 0 Å². The fourth-order valence-corrected chi connectivity index (χ4v) is 2.88. The monoisotopic (exact) mass is 357 g/mol. The molecule has 0 fully saturated rings. The zero-order valence-electron chi connectivity index (χ0n) is 13.8. The van der Waals surface area contributed by atoms with Crippen LogP contribution in [0.4, 0.5) is 0 Å². The summed E-state index contributed by atoms with van der Waals surface area (Å²) < 4.78 is 27.3. The van der Waals surface area contributed by atoms with Crippen molar-refractivity contribution in [1.29, 1.82) is 0 Å². The van der Waals surface area contributed by atoms with E-state index in [4.69, 9.17) is 9.29 Å². The SMILES string of the molecule is CCCOc1ccc(-c2cncn2-c2ccc(CS(=O)O)cn2)cc1. The summed E-state index contributed by atoms with van der Waals surface area (Å²) in [5.74, 6) is 1.62. The lowest BCUT2D eigenvalue weighted by Gasteiger charge is -2.09. The van der Waals surface area contributed by atoms with Crippen LogP contribution in [-0.2, 0) is 16.8 Å². The Hall–Kier alpha value is -2.51. The predicted molar refractivity (Wildman–Crippen MR) is 97.1 cm³/mol. The molecule has 2 heterocycles. The summed E-state index contributed by atoms with van der Waals surface area (Å²) in [5, 5.41) is 0. The zero-order chi connectivity index (χ0) is 17.6. The number of hydrogen-bond donors (Lipinski definition) is 1. The van der Waals surface area contributed by atoms with E-state index in [0.29, 0.717) is 18.0 Å². The topological polar surface area (TPSA) is 77.2 Å². The van der Waals surface area contributed by atoms with E-state index in [1.807, 2.05) is 34.9 Å². The molecule has 0 aliphatic carbocycles. The van der Waals surface area contributed by atoms with Gasteiger partial charge in [0.05, 0.1) is 24.3 Å². The minimum Gasteiger partial charge on any atom is -0.494 e. The van der Waals surface area contributed by atoms with Crippen LogP contribution in [0.15, 0.2) is 55.1 Å². The Morgan fingerprint density at radius 1 is 1.16 bits per heavy atom. The van der Waals surface area contributed by atoms with Crippen LogP contribution in [0, 0.1) is 0 Å². The second-order valence-corrected chi connectivity index (χ2v) is 6.44. The molecule has 0 bridgehead atoms. The fraction of sp³-hybridized carbons (Fsp3) is 0.222. The molecule has 0 radical (unpaired) electrons. The quantitative estimate of drug-likeness (QED) is 0.655. The van der Waals surface area contributed by atoms with Crippen molar-refractivity contribution in [3.63, 3.8) is 0 Å². The highest BCUT2D eigenvalue weighted by Gasteiger charge is 2.09. The minimum absolute atomic E-state index is 0.0727. The number of hydrogen-bond acceptors (Lipinski definition) is 4. The van der Waals surface area contributed by atoms with Crippen LogP contribution in [0.2, 0.25) is 0 Å². The number of rotatable bonds is 7. The van der Waals surface area contributed by atoms with Crippen molar-refractivity contribution in [3.05, 3.63) is 60.7 Å². The fourth-order valence-electron chi connectivity index (χ4n) is 2.42. The van der Waals surface area contributed by atoms with Gasteiger partial charge in [0.2, 0.25) is 0 Å². The number of aromatic nitrogens is 3. The van der Waals surface area contributed by atoms with E-state index in [-0.39, 0.29) is 5.75 Å². The lowest BCUT2D eigenvalue weighted by Crippen LogP contribution is -2.00. The Balaban J connectivity index is 1.84. The zero-order valence-corrected chi connectivity index (χ0v) is 14.6. The standard InChI is InChI=1S/C18H19N3O3S/c1-2-9-24-16-6-4-15(5-7-16)17-11-19-13-21(17)18-8-3-14(10-20-18)12-25(22)23/h3-8,10-11,13H,2,9,12H2,1H3,(H,22,23). The molecule has 0 amide bonds. The first kappa shape index (κ1) is 17.3. The van der Waals surface area contributed by atoms with Crippen molar-refractivity contribution in [2.75, 3.05) is 6.61 Å². The lowest BCUT2D eigenvalue weighted by atomic mass is 10.1. The van der Waals surface area contributed by atoms with Gasteiger partial charge in [0.25, 0.3) is 0 Å².